The van der Waals surface area contributed by atoms with Gasteiger partial charge in [0.05, 0.1) is 36.0 Å². The minimum absolute atomic E-state index is 0.0200. The lowest BCUT2D eigenvalue weighted by molar-refractivity contribution is -0.140. The molecule has 2 saturated heterocycles. The molecule has 6 rings (SSSR count). The van der Waals surface area contributed by atoms with Crippen molar-refractivity contribution in [2.24, 2.45) is 35.0 Å². The molecule has 41 heavy (non-hydrogen) atoms. The van der Waals surface area contributed by atoms with E-state index in [0.717, 1.165) is 11.1 Å². The van der Waals surface area contributed by atoms with Gasteiger partial charge in [0.2, 0.25) is 23.6 Å². The van der Waals surface area contributed by atoms with E-state index in [9.17, 15) is 24.3 Å². The van der Waals surface area contributed by atoms with Crippen LogP contribution in [0.4, 0.5) is 5.69 Å². The number of aromatic hydroxyl groups is 1. The number of rotatable bonds is 6. The Hall–Kier alpha value is -4.20. The zero-order valence-electron chi connectivity index (χ0n) is 23.4. The van der Waals surface area contributed by atoms with Crippen molar-refractivity contribution in [2.45, 2.75) is 33.1 Å². The van der Waals surface area contributed by atoms with Gasteiger partial charge < -0.3 is 9.84 Å². The lowest BCUT2D eigenvalue weighted by atomic mass is 9.52. The topological polar surface area (TPSA) is 104 Å². The first-order chi connectivity index (χ1) is 19.7. The van der Waals surface area contributed by atoms with E-state index in [1.54, 1.807) is 42.5 Å². The highest BCUT2D eigenvalue weighted by Crippen LogP contribution is 2.61. The van der Waals surface area contributed by atoms with Crippen molar-refractivity contribution in [2.75, 3.05) is 18.6 Å². The Morgan fingerprint density at radius 3 is 2.49 bits per heavy atom. The van der Waals surface area contributed by atoms with Crippen LogP contribution in [0.3, 0.4) is 0 Å². The SMILES string of the molecule is CCCN1C(=O)C2CC=C3C(CC4C(=O)N(c5ccccc5)C(=O)C4(C)C3C=Cc3ccc(O)c(OC)c3)C2C1=O. The number of phenolic OH excluding ortho intramolecular Hbond substituents is 1. The smallest absolute Gasteiger partial charge is 0.241 e. The number of carbonyl (C=O) groups is 4. The van der Waals surface area contributed by atoms with Gasteiger partial charge in [0, 0.05) is 12.5 Å². The second-order valence-electron chi connectivity index (χ2n) is 11.7. The predicted molar refractivity (Wildman–Crippen MR) is 153 cm³/mol. The van der Waals surface area contributed by atoms with Crippen LogP contribution >= 0.6 is 0 Å². The first-order valence-electron chi connectivity index (χ1n) is 14.3. The molecule has 2 aliphatic heterocycles. The van der Waals surface area contributed by atoms with E-state index in [2.05, 4.69) is 0 Å². The molecule has 3 fully saturated rings. The molecule has 2 aromatic carbocycles. The molecule has 212 valence electrons. The highest BCUT2D eigenvalue weighted by Gasteiger charge is 2.66. The number of methoxy groups -OCH3 is 1. The number of fused-ring (bicyclic) bond motifs is 4. The van der Waals surface area contributed by atoms with E-state index in [0.29, 0.717) is 37.2 Å². The fraction of sp³-hybridized carbons (Fsp3) is 0.394. The van der Waals surface area contributed by atoms with Gasteiger partial charge in [-0.3, -0.25) is 24.1 Å². The number of hydrogen-bond acceptors (Lipinski definition) is 6. The van der Waals surface area contributed by atoms with Gasteiger partial charge in [-0.05, 0) is 61.9 Å². The van der Waals surface area contributed by atoms with Crippen molar-refractivity contribution < 1.29 is 29.0 Å². The molecule has 1 N–H and O–H groups in total. The maximum absolute atomic E-state index is 14.3. The Morgan fingerprint density at radius 1 is 1.02 bits per heavy atom. The Bertz CT molecular complexity index is 1500. The molecule has 4 aliphatic rings. The standard InChI is InChI=1S/C33H34N2O6/c1-4-16-34-29(37)22-13-12-21-23(28(22)31(34)39)18-25-30(38)35(20-8-6-5-7-9-20)32(40)33(25,2)24(21)14-10-19-11-15-26(36)27(17-19)41-3/h5-12,14-15,17,22-25,28,36H,4,13,16,18H2,1-3H3. The number of phenols is 1. The molecule has 8 heteroatoms. The molecule has 6 atom stereocenters. The van der Waals surface area contributed by atoms with Gasteiger partial charge in [-0.15, -0.1) is 0 Å². The molecule has 2 aromatic rings. The largest absolute Gasteiger partial charge is 0.504 e. The van der Waals surface area contributed by atoms with Gasteiger partial charge in [-0.25, -0.2) is 4.90 Å². The minimum atomic E-state index is -1.08. The third-order valence-electron chi connectivity index (χ3n) is 9.58. The molecule has 0 bridgehead atoms. The number of ether oxygens (including phenoxy) is 1. The number of para-hydroxylation sites is 1. The second-order valence-corrected chi connectivity index (χ2v) is 11.7. The fourth-order valence-electron chi connectivity index (χ4n) is 7.56. The van der Waals surface area contributed by atoms with Gasteiger partial charge in [0.1, 0.15) is 0 Å². The van der Waals surface area contributed by atoms with Crippen LogP contribution in [0.15, 0.2) is 66.3 Å². The quantitative estimate of drug-likeness (QED) is 0.414. The van der Waals surface area contributed by atoms with Gasteiger partial charge in [0.15, 0.2) is 11.5 Å². The molecule has 2 heterocycles. The zero-order chi connectivity index (χ0) is 29.1. The first kappa shape index (κ1) is 27.0. The van der Waals surface area contributed by atoms with E-state index in [1.807, 2.05) is 38.1 Å². The number of benzene rings is 2. The number of anilines is 1. The summed E-state index contributed by atoms with van der Waals surface area (Å²) in [5.74, 6) is -2.89. The summed E-state index contributed by atoms with van der Waals surface area (Å²) in [5, 5.41) is 10.1. The van der Waals surface area contributed by atoms with Gasteiger partial charge in [0.25, 0.3) is 0 Å². The summed E-state index contributed by atoms with van der Waals surface area (Å²) in [6.07, 6.45) is 7.32. The van der Waals surface area contributed by atoms with Crippen molar-refractivity contribution in [3.05, 3.63) is 71.8 Å². The van der Waals surface area contributed by atoms with Gasteiger partial charge in [-0.1, -0.05) is 55.0 Å². The lowest BCUT2D eigenvalue weighted by Crippen LogP contribution is -2.49. The summed E-state index contributed by atoms with van der Waals surface area (Å²) >= 11 is 0. The Kier molecular flexibility index (Phi) is 6.59. The fourth-order valence-corrected chi connectivity index (χ4v) is 7.56. The van der Waals surface area contributed by atoms with Crippen LogP contribution in [-0.4, -0.2) is 47.3 Å². The summed E-state index contributed by atoms with van der Waals surface area (Å²) in [4.78, 5) is 57.9. The maximum atomic E-state index is 14.3. The normalized spacial score (nSPS) is 30.9. The van der Waals surface area contributed by atoms with Crippen LogP contribution in [0.5, 0.6) is 11.5 Å². The number of hydrogen-bond donors (Lipinski definition) is 1. The van der Waals surface area contributed by atoms with E-state index < -0.39 is 29.1 Å². The summed E-state index contributed by atoms with van der Waals surface area (Å²) in [6.45, 7) is 4.19. The second kappa shape index (κ2) is 10.0. The molecule has 4 amide bonds. The van der Waals surface area contributed by atoms with Crippen molar-refractivity contribution in [3.63, 3.8) is 0 Å². The number of carbonyl (C=O) groups excluding carboxylic acids is 4. The van der Waals surface area contributed by atoms with Crippen LogP contribution in [0.2, 0.25) is 0 Å². The molecule has 0 aromatic heterocycles. The molecular formula is C33H34N2O6. The molecular weight excluding hydrogens is 520 g/mol. The number of nitrogens with zero attached hydrogens (tertiary/aromatic N) is 2. The summed E-state index contributed by atoms with van der Waals surface area (Å²) < 4.78 is 5.27. The average molecular weight is 555 g/mol. The first-order valence-corrected chi connectivity index (χ1v) is 14.3. The summed E-state index contributed by atoms with van der Waals surface area (Å²) in [6, 6.07) is 14.0. The van der Waals surface area contributed by atoms with Crippen LogP contribution in [0.25, 0.3) is 6.08 Å². The summed E-state index contributed by atoms with van der Waals surface area (Å²) in [7, 11) is 1.48. The molecule has 8 nitrogen and oxygen atoms in total. The predicted octanol–water partition coefficient (Wildman–Crippen LogP) is 4.59. The third-order valence-corrected chi connectivity index (χ3v) is 9.58. The molecule has 2 aliphatic carbocycles. The monoisotopic (exact) mass is 554 g/mol. The van der Waals surface area contributed by atoms with Crippen molar-refractivity contribution in [3.8, 4) is 11.5 Å². The molecule has 0 radical (unpaired) electrons. The van der Waals surface area contributed by atoms with Crippen LogP contribution in [-0.2, 0) is 19.2 Å². The van der Waals surface area contributed by atoms with E-state index >= 15 is 0 Å². The molecule has 1 saturated carbocycles. The minimum Gasteiger partial charge on any atom is -0.504 e. The van der Waals surface area contributed by atoms with Crippen LogP contribution in [0, 0.1) is 35.0 Å². The van der Waals surface area contributed by atoms with Crippen LogP contribution in [0.1, 0.15) is 38.7 Å². The van der Waals surface area contributed by atoms with E-state index in [1.165, 1.54) is 16.9 Å². The Balaban J connectivity index is 1.46. The van der Waals surface area contributed by atoms with E-state index in [4.69, 9.17) is 4.74 Å². The van der Waals surface area contributed by atoms with Gasteiger partial charge in [-0.2, -0.15) is 0 Å². The van der Waals surface area contributed by atoms with Crippen molar-refractivity contribution >= 4 is 35.4 Å². The summed E-state index contributed by atoms with van der Waals surface area (Å²) in [5.41, 5.74) is 1.16. The molecule has 0 spiro atoms. The van der Waals surface area contributed by atoms with E-state index in [-0.39, 0.29) is 35.3 Å². The van der Waals surface area contributed by atoms with Crippen molar-refractivity contribution in [1.29, 1.82) is 0 Å². The highest BCUT2D eigenvalue weighted by molar-refractivity contribution is 6.24. The Labute approximate surface area is 239 Å². The highest BCUT2D eigenvalue weighted by atomic mass is 16.5. The zero-order valence-corrected chi connectivity index (χ0v) is 23.4. The Morgan fingerprint density at radius 2 is 1.78 bits per heavy atom. The van der Waals surface area contributed by atoms with Crippen molar-refractivity contribution in [1.82, 2.24) is 4.90 Å². The number of amides is 4. The number of allylic oxidation sites excluding steroid dienone is 3. The number of imide groups is 2. The third kappa shape index (κ3) is 3.95. The average Bonchev–Trinajstić information content (AvgIpc) is 3.33. The molecule has 6 unspecified atom stereocenters. The maximum Gasteiger partial charge on any atom is 0.241 e. The van der Waals surface area contributed by atoms with Crippen LogP contribution < -0.4 is 9.64 Å². The number of likely N-dealkylation sites (tertiary alicyclic amines) is 1. The van der Waals surface area contributed by atoms with Gasteiger partial charge >= 0.3 is 0 Å². The lowest BCUT2D eigenvalue weighted by Gasteiger charge is -2.47.